The molecule has 0 nitrogen and oxygen atoms in total. The van der Waals surface area contributed by atoms with Crippen molar-refractivity contribution in [2.75, 3.05) is 0 Å². The molecule has 0 N–H and O–H groups in total. The summed E-state index contributed by atoms with van der Waals surface area (Å²) >= 11 is -1.35. The van der Waals surface area contributed by atoms with E-state index in [9.17, 15) is 0 Å². The van der Waals surface area contributed by atoms with Crippen LogP contribution in [0.1, 0.15) is 33.1 Å². The predicted octanol–water partition coefficient (Wildman–Crippen LogP) is -1.79. The van der Waals surface area contributed by atoms with Gasteiger partial charge in [0.05, 0.1) is 0 Å². The van der Waals surface area contributed by atoms with Crippen LogP contribution in [0, 0.1) is 0 Å². The zero-order valence-corrected chi connectivity index (χ0v) is 16.8. The minimum absolute atomic E-state index is 0. The number of allylic oxidation sites excluding steroid dienone is 8. The van der Waals surface area contributed by atoms with Crippen LogP contribution in [-0.2, 0) is 20.9 Å². The van der Waals surface area contributed by atoms with Crippen LogP contribution in [0.4, 0.5) is 0 Å². The molecule has 0 aromatic heterocycles. The molecule has 0 bridgehead atoms. The topological polar surface area (TPSA) is 0 Å². The van der Waals surface area contributed by atoms with E-state index in [0.29, 0.717) is 0 Å². The van der Waals surface area contributed by atoms with Crippen molar-refractivity contribution in [1.29, 1.82) is 0 Å². The van der Waals surface area contributed by atoms with Gasteiger partial charge in [-0.3, -0.25) is 0 Å². The molecule has 103 valence electrons. The van der Waals surface area contributed by atoms with Crippen LogP contribution < -0.4 is 24.8 Å². The van der Waals surface area contributed by atoms with E-state index in [1.165, 1.54) is 12.8 Å². The van der Waals surface area contributed by atoms with E-state index in [0.717, 1.165) is 0 Å². The van der Waals surface area contributed by atoms with Crippen molar-refractivity contribution in [3.63, 3.8) is 0 Å². The molecule has 0 saturated carbocycles. The van der Waals surface area contributed by atoms with Crippen molar-refractivity contribution in [2.45, 2.75) is 45.2 Å². The molecule has 0 spiro atoms. The Morgan fingerprint density at radius 1 is 0.895 bits per heavy atom. The number of hydrogen-bond acceptors (Lipinski definition) is 0. The van der Waals surface area contributed by atoms with Crippen LogP contribution in [0.5, 0.6) is 0 Å². The molecule has 19 heavy (non-hydrogen) atoms. The van der Waals surface area contributed by atoms with Crippen LogP contribution >= 0.6 is 0 Å². The monoisotopic (exact) mass is 389 g/mol. The summed E-state index contributed by atoms with van der Waals surface area (Å²) in [4.78, 5) is 0. The van der Waals surface area contributed by atoms with Crippen LogP contribution in [0.2, 0.25) is 12.1 Å². The van der Waals surface area contributed by atoms with Crippen molar-refractivity contribution >= 4 is 5.92 Å². The Labute approximate surface area is 138 Å². The van der Waals surface area contributed by atoms with Crippen molar-refractivity contribution in [2.24, 2.45) is 0 Å². The average molecular weight is 392 g/mol. The molecule has 1 heterocycles. The Hall–Kier alpha value is 0.640. The molecule has 3 rings (SSSR count). The molecule has 1 aliphatic heterocycles. The molecule has 0 radical (unpaired) electrons. The Kier molecular flexibility index (Phi) is 7.07. The Balaban J connectivity index is 0.000000902. The first kappa shape index (κ1) is 17.7. The molecule has 4 heteroatoms. The molecule has 0 amide bonds. The van der Waals surface area contributed by atoms with Gasteiger partial charge in [-0.15, -0.1) is 0 Å². The number of hydrogen-bond donors (Lipinski definition) is 0. The van der Waals surface area contributed by atoms with Crippen molar-refractivity contribution in [3.8, 4) is 0 Å². The van der Waals surface area contributed by atoms with Gasteiger partial charge in [0.2, 0.25) is 0 Å². The fourth-order valence-electron chi connectivity index (χ4n) is 3.25. The second-order valence-corrected chi connectivity index (χ2v) is 22.6. The van der Waals surface area contributed by atoms with Crippen molar-refractivity contribution in [1.82, 2.24) is 0 Å². The molecular weight excluding hydrogens is 370 g/mol. The Morgan fingerprint density at radius 2 is 1.37 bits per heavy atom. The molecule has 1 fully saturated rings. The van der Waals surface area contributed by atoms with Crippen LogP contribution in [0.25, 0.3) is 0 Å². The summed E-state index contributed by atoms with van der Waals surface area (Å²) in [5.74, 6) is -0.298. The van der Waals surface area contributed by atoms with E-state index < -0.39 is 20.9 Å². The minimum Gasteiger partial charge on any atom is -1.00 e. The number of halogens is 2. The smallest absolute Gasteiger partial charge is 1.00 e. The van der Waals surface area contributed by atoms with Gasteiger partial charge in [-0.2, -0.15) is 0 Å². The van der Waals surface area contributed by atoms with Gasteiger partial charge in [-0.1, -0.05) is 0 Å². The summed E-state index contributed by atoms with van der Waals surface area (Å²) in [7, 11) is 0. The van der Waals surface area contributed by atoms with Gasteiger partial charge >= 0.3 is 114 Å². The summed E-state index contributed by atoms with van der Waals surface area (Å²) in [6, 6.07) is 3.34. The summed E-state index contributed by atoms with van der Waals surface area (Å²) in [5, 5.41) is 0. The molecule has 0 aromatic rings. The third-order valence-corrected chi connectivity index (χ3v) is 28.1. The maximum atomic E-state index is 2.41. The van der Waals surface area contributed by atoms with E-state index in [1.807, 2.05) is 6.56 Å². The van der Waals surface area contributed by atoms with Crippen LogP contribution in [-0.4, -0.2) is 5.92 Å². The molecule has 0 unspecified atom stereocenters. The first-order chi connectivity index (χ1) is 8.27. The van der Waals surface area contributed by atoms with E-state index in [1.54, 1.807) is 29.7 Å². The normalized spacial score (nSPS) is 21.4. The van der Waals surface area contributed by atoms with Gasteiger partial charge < -0.3 is 24.8 Å². The summed E-state index contributed by atoms with van der Waals surface area (Å²) in [5.41, 5.74) is 3.32. The predicted molar refractivity (Wildman–Crippen MR) is 74.3 cm³/mol. The molecule has 2 aliphatic carbocycles. The maximum Gasteiger partial charge on any atom is -1.00 e. The zero-order chi connectivity index (χ0) is 11.8. The fraction of sp³-hybridized carbons (Fsp3) is 0.467. The van der Waals surface area contributed by atoms with Gasteiger partial charge in [0.25, 0.3) is 0 Å². The van der Waals surface area contributed by atoms with Crippen molar-refractivity contribution in [3.05, 3.63) is 42.0 Å². The first-order valence-electron chi connectivity index (χ1n) is 6.87. The van der Waals surface area contributed by atoms with E-state index >= 15 is 0 Å². The quantitative estimate of drug-likeness (QED) is 0.499. The Morgan fingerprint density at radius 3 is 1.63 bits per heavy atom. The standard InChI is InChI=1S/2C6H7.C3H7Si.2ClH.Zr/c2*1-6-4-2-3-5-6;1-2-4-3-1;;;/h2*2,4H,3H2,1H3;4H,1-3H2;2*1H;/q;;;;;+2/p-2. The third-order valence-electron chi connectivity index (χ3n) is 4.50. The zero-order valence-electron chi connectivity index (χ0n) is 11.7. The van der Waals surface area contributed by atoms with Gasteiger partial charge in [0, 0.05) is 0 Å². The van der Waals surface area contributed by atoms with Crippen LogP contribution in [0.3, 0.4) is 0 Å². The summed E-state index contributed by atoms with van der Waals surface area (Å²) in [6.07, 6.45) is 13.8. The second-order valence-electron chi connectivity index (χ2n) is 5.58. The van der Waals surface area contributed by atoms with Gasteiger partial charge in [0.1, 0.15) is 0 Å². The SMILES string of the molecule is CC1=[C]([Zr+2]([C]2=C(C)C=CC2)[SiH]2CCC2)CC=C1.[Cl-].[Cl-]. The molecule has 0 atom stereocenters. The average Bonchev–Trinajstić information content (AvgIpc) is 2.81. The van der Waals surface area contributed by atoms with Gasteiger partial charge in [0.15, 0.2) is 0 Å². The maximum absolute atomic E-state index is 2.41. The summed E-state index contributed by atoms with van der Waals surface area (Å²) in [6.45, 7) is 4.73. The Bertz CT molecular complexity index is 423. The minimum atomic E-state index is -1.35. The van der Waals surface area contributed by atoms with E-state index in [2.05, 4.69) is 38.2 Å². The molecule has 3 aliphatic rings. The fourth-order valence-corrected chi connectivity index (χ4v) is 29.3. The van der Waals surface area contributed by atoms with Crippen LogP contribution in [0.15, 0.2) is 42.0 Å². The molecule has 0 aromatic carbocycles. The van der Waals surface area contributed by atoms with E-state index in [4.69, 9.17) is 0 Å². The first-order valence-corrected chi connectivity index (χ1v) is 15.8. The number of rotatable bonds is 3. The molecule has 1 saturated heterocycles. The van der Waals surface area contributed by atoms with E-state index in [-0.39, 0.29) is 30.7 Å². The van der Waals surface area contributed by atoms with Gasteiger partial charge in [-0.25, -0.2) is 0 Å². The molecular formula is C15H21Cl2SiZr. The third kappa shape index (κ3) is 3.46. The largest absolute Gasteiger partial charge is 1.00 e. The van der Waals surface area contributed by atoms with Crippen molar-refractivity contribution < 1.29 is 45.7 Å². The summed E-state index contributed by atoms with van der Waals surface area (Å²) < 4.78 is 3.95. The second kappa shape index (κ2) is 7.59. The van der Waals surface area contributed by atoms with Gasteiger partial charge in [-0.05, 0) is 0 Å².